The summed E-state index contributed by atoms with van der Waals surface area (Å²) in [5, 5.41) is 1.25. The van der Waals surface area contributed by atoms with E-state index in [1.54, 1.807) is 0 Å². The number of aromatic nitrogens is 1. The molecule has 0 aliphatic rings. The Morgan fingerprint density at radius 1 is 1.27 bits per heavy atom. The van der Waals surface area contributed by atoms with Crippen molar-refractivity contribution < 1.29 is 0 Å². The molecule has 0 aliphatic carbocycles. The van der Waals surface area contributed by atoms with Gasteiger partial charge in [0.05, 0.1) is 0 Å². The molecule has 1 N–H and O–H groups in total. The Hall–Kier alpha value is -1.15. The van der Waals surface area contributed by atoms with Crippen molar-refractivity contribution in [2.45, 2.75) is 26.2 Å². The first-order chi connectivity index (χ1) is 7.31. The number of para-hydroxylation sites is 1. The molecule has 15 heavy (non-hydrogen) atoms. The molecule has 1 aromatic heterocycles. The van der Waals surface area contributed by atoms with Crippen molar-refractivity contribution in [2.24, 2.45) is 0 Å². The third kappa shape index (κ3) is 2.26. The molecule has 0 fully saturated rings. The molecule has 1 nitrogen and oxygen atoms in total. The van der Waals surface area contributed by atoms with Gasteiger partial charge in [0.25, 0.3) is 0 Å². The molecule has 0 radical (unpaired) electrons. The summed E-state index contributed by atoms with van der Waals surface area (Å²) in [6, 6.07) is 10.5. The summed E-state index contributed by atoms with van der Waals surface area (Å²) in [7, 11) is 0. The highest BCUT2D eigenvalue weighted by Crippen LogP contribution is 2.15. The number of pyridine rings is 1. The number of rotatable bonds is 3. The standard InChI is InChI=1S/C13H15NS/c1-2-3-6-11-9-10-7-4-5-8-12(10)14-13(11)15/h4-5,7-9H,2-3,6H2,1H3,(H,14,15). The van der Waals surface area contributed by atoms with E-state index in [9.17, 15) is 0 Å². The monoisotopic (exact) mass is 217 g/mol. The lowest BCUT2D eigenvalue weighted by atomic mass is 10.1. The number of aromatic amines is 1. The maximum absolute atomic E-state index is 5.34. The van der Waals surface area contributed by atoms with E-state index in [1.165, 1.54) is 23.8 Å². The lowest BCUT2D eigenvalue weighted by Crippen LogP contribution is -1.90. The van der Waals surface area contributed by atoms with Crippen molar-refractivity contribution in [3.05, 3.63) is 40.5 Å². The van der Waals surface area contributed by atoms with Crippen LogP contribution in [0.3, 0.4) is 0 Å². The van der Waals surface area contributed by atoms with Crippen molar-refractivity contribution >= 4 is 23.1 Å². The van der Waals surface area contributed by atoms with Crippen LogP contribution in [-0.2, 0) is 6.42 Å². The second-order valence-electron chi connectivity index (χ2n) is 3.81. The van der Waals surface area contributed by atoms with Crippen LogP contribution in [0.15, 0.2) is 30.3 Å². The minimum atomic E-state index is 0.891. The van der Waals surface area contributed by atoms with Crippen LogP contribution in [0.1, 0.15) is 25.3 Å². The molecule has 0 aliphatic heterocycles. The number of fused-ring (bicyclic) bond motifs is 1. The van der Waals surface area contributed by atoms with Crippen molar-refractivity contribution in [3.63, 3.8) is 0 Å². The zero-order valence-corrected chi connectivity index (χ0v) is 9.73. The summed E-state index contributed by atoms with van der Waals surface area (Å²) >= 11 is 5.34. The second kappa shape index (κ2) is 4.58. The molecule has 2 aromatic rings. The van der Waals surface area contributed by atoms with E-state index >= 15 is 0 Å². The molecular weight excluding hydrogens is 202 g/mol. The Labute approximate surface area is 95.2 Å². The van der Waals surface area contributed by atoms with Crippen molar-refractivity contribution in [2.75, 3.05) is 0 Å². The van der Waals surface area contributed by atoms with Gasteiger partial charge < -0.3 is 4.98 Å². The van der Waals surface area contributed by atoms with Gasteiger partial charge in [-0.1, -0.05) is 43.8 Å². The summed E-state index contributed by atoms with van der Waals surface area (Å²) in [5.41, 5.74) is 2.40. The smallest absolute Gasteiger partial charge is 0.106 e. The third-order valence-electron chi connectivity index (χ3n) is 2.63. The molecule has 0 atom stereocenters. The fraction of sp³-hybridized carbons (Fsp3) is 0.308. The molecule has 0 unspecified atom stereocenters. The molecule has 0 saturated carbocycles. The Balaban J connectivity index is 2.48. The Kier molecular flexibility index (Phi) is 3.17. The number of nitrogens with one attached hydrogen (secondary N) is 1. The van der Waals surface area contributed by atoms with E-state index in [4.69, 9.17) is 12.2 Å². The normalized spacial score (nSPS) is 10.7. The van der Waals surface area contributed by atoms with Gasteiger partial charge in [0.1, 0.15) is 4.64 Å². The van der Waals surface area contributed by atoms with E-state index in [2.05, 4.69) is 36.2 Å². The zero-order chi connectivity index (χ0) is 10.7. The maximum Gasteiger partial charge on any atom is 0.106 e. The summed E-state index contributed by atoms with van der Waals surface area (Å²) in [6.45, 7) is 2.20. The quantitative estimate of drug-likeness (QED) is 0.760. The molecule has 1 aromatic carbocycles. The predicted molar refractivity (Wildman–Crippen MR) is 67.7 cm³/mol. The van der Waals surface area contributed by atoms with Gasteiger partial charge in [-0.3, -0.25) is 0 Å². The summed E-state index contributed by atoms with van der Waals surface area (Å²) in [5.74, 6) is 0. The van der Waals surface area contributed by atoms with Crippen LogP contribution in [0.2, 0.25) is 0 Å². The molecule has 0 amide bonds. The highest BCUT2D eigenvalue weighted by Gasteiger charge is 1.98. The van der Waals surface area contributed by atoms with E-state index in [0.717, 1.165) is 16.6 Å². The SMILES string of the molecule is CCCCc1cc2ccccc2[nH]c1=S. The van der Waals surface area contributed by atoms with Crippen LogP contribution >= 0.6 is 12.2 Å². The summed E-state index contributed by atoms with van der Waals surface area (Å²) < 4.78 is 0.891. The van der Waals surface area contributed by atoms with Crippen molar-refractivity contribution in [3.8, 4) is 0 Å². The number of unbranched alkanes of at least 4 members (excludes halogenated alkanes) is 1. The van der Waals surface area contributed by atoms with E-state index in [0.29, 0.717) is 0 Å². The van der Waals surface area contributed by atoms with Crippen LogP contribution in [-0.4, -0.2) is 4.98 Å². The van der Waals surface area contributed by atoms with Gasteiger partial charge in [-0.25, -0.2) is 0 Å². The number of hydrogen-bond acceptors (Lipinski definition) is 1. The van der Waals surface area contributed by atoms with Crippen LogP contribution in [0.4, 0.5) is 0 Å². The lowest BCUT2D eigenvalue weighted by Gasteiger charge is -2.03. The van der Waals surface area contributed by atoms with Crippen LogP contribution in [0.25, 0.3) is 10.9 Å². The molecular formula is C13H15NS. The molecule has 0 saturated heterocycles. The molecule has 0 bridgehead atoms. The lowest BCUT2D eigenvalue weighted by molar-refractivity contribution is 0.791. The maximum atomic E-state index is 5.34. The summed E-state index contributed by atoms with van der Waals surface area (Å²) in [4.78, 5) is 3.28. The second-order valence-corrected chi connectivity index (χ2v) is 4.22. The first kappa shape index (κ1) is 10.4. The van der Waals surface area contributed by atoms with Gasteiger partial charge in [0, 0.05) is 5.52 Å². The molecule has 78 valence electrons. The van der Waals surface area contributed by atoms with Gasteiger partial charge in [-0.15, -0.1) is 0 Å². The molecule has 0 spiro atoms. The van der Waals surface area contributed by atoms with E-state index in [-0.39, 0.29) is 0 Å². The van der Waals surface area contributed by atoms with Crippen molar-refractivity contribution in [1.29, 1.82) is 0 Å². The number of hydrogen-bond donors (Lipinski definition) is 1. The Morgan fingerprint density at radius 2 is 2.07 bits per heavy atom. The van der Waals surface area contributed by atoms with Crippen LogP contribution < -0.4 is 0 Å². The predicted octanol–water partition coefficient (Wildman–Crippen LogP) is 4.24. The van der Waals surface area contributed by atoms with Gasteiger partial charge in [0.2, 0.25) is 0 Å². The van der Waals surface area contributed by atoms with Crippen LogP contribution in [0.5, 0.6) is 0 Å². The van der Waals surface area contributed by atoms with Gasteiger partial charge in [-0.2, -0.15) is 0 Å². The largest absolute Gasteiger partial charge is 0.346 e. The fourth-order valence-electron chi connectivity index (χ4n) is 1.75. The van der Waals surface area contributed by atoms with Gasteiger partial charge in [0.15, 0.2) is 0 Å². The molecule has 2 heteroatoms. The first-order valence-corrected chi connectivity index (χ1v) is 5.83. The number of benzene rings is 1. The zero-order valence-electron chi connectivity index (χ0n) is 8.92. The van der Waals surface area contributed by atoms with Gasteiger partial charge in [-0.05, 0) is 35.9 Å². The minimum Gasteiger partial charge on any atom is -0.346 e. The molecule has 1 heterocycles. The first-order valence-electron chi connectivity index (χ1n) is 5.42. The average molecular weight is 217 g/mol. The van der Waals surface area contributed by atoms with E-state index in [1.807, 2.05) is 6.07 Å². The molecule has 2 rings (SSSR count). The van der Waals surface area contributed by atoms with E-state index < -0.39 is 0 Å². The highest BCUT2D eigenvalue weighted by molar-refractivity contribution is 7.71. The topological polar surface area (TPSA) is 15.8 Å². The number of aryl methyl sites for hydroxylation is 1. The van der Waals surface area contributed by atoms with Crippen molar-refractivity contribution in [1.82, 2.24) is 4.98 Å². The highest BCUT2D eigenvalue weighted by atomic mass is 32.1. The van der Waals surface area contributed by atoms with Crippen LogP contribution in [0, 0.1) is 4.64 Å². The minimum absolute atomic E-state index is 0.891. The van der Waals surface area contributed by atoms with Gasteiger partial charge >= 0.3 is 0 Å². The average Bonchev–Trinajstić information content (AvgIpc) is 2.26. The third-order valence-corrected chi connectivity index (χ3v) is 2.99. The Morgan fingerprint density at radius 3 is 2.87 bits per heavy atom. The summed E-state index contributed by atoms with van der Waals surface area (Å²) in [6.07, 6.45) is 3.49. The Bertz CT molecular complexity index is 513. The number of H-pyrrole nitrogens is 1. The fourth-order valence-corrected chi connectivity index (χ4v) is 2.02.